The number of anilines is 1. The zero-order chi connectivity index (χ0) is 14.8. The zero-order valence-corrected chi connectivity index (χ0v) is 12.0. The summed E-state index contributed by atoms with van der Waals surface area (Å²) >= 11 is 0. The Labute approximate surface area is 123 Å². The van der Waals surface area contributed by atoms with Gasteiger partial charge in [-0.3, -0.25) is 4.79 Å². The highest BCUT2D eigenvalue weighted by Crippen LogP contribution is 2.22. The number of benzene rings is 2. The van der Waals surface area contributed by atoms with Gasteiger partial charge in [0.15, 0.2) is 0 Å². The summed E-state index contributed by atoms with van der Waals surface area (Å²) in [6, 6.07) is 15.1. The Balaban J connectivity index is 1.90. The molecule has 0 radical (unpaired) electrons. The number of amides is 1. The molecule has 106 valence electrons. The molecular formula is C17H16N2O2. The second-order valence-electron chi connectivity index (χ2n) is 4.85. The molecule has 0 saturated carbocycles. The largest absolute Gasteiger partial charge is 0.497 e. The molecule has 0 fully saturated rings. The van der Waals surface area contributed by atoms with Crippen LogP contribution in [-0.2, 0) is 7.05 Å². The number of nitrogens with zero attached hydrogens (tertiary/aromatic N) is 1. The van der Waals surface area contributed by atoms with Crippen LogP contribution >= 0.6 is 0 Å². The van der Waals surface area contributed by atoms with E-state index in [1.807, 2.05) is 66.3 Å². The van der Waals surface area contributed by atoms with Gasteiger partial charge in [0, 0.05) is 29.8 Å². The van der Waals surface area contributed by atoms with Gasteiger partial charge in [-0.2, -0.15) is 0 Å². The van der Waals surface area contributed by atoms with Crippen molar-refractivity contribution < 1.29 is 9.53 Å². The summed E-state index contributed by atoms with van der Waals surface area (Å²) in [5.41, 5.74) is 2.45. The van der Waals surface area contributed by atoms with E-state index in [1.165, 1.54) is 0 Å². The maximum atomic E-state index is 12.4. The van der Waals surface area contributed by atoms with Crippen molar-refractivity contribution in [2.45, 2.75) is 0 Å². The Kier molecular flexibility index (Phi) is 3.36. The van der Waals surface area contributed by atoms with Gasteiger partial charge in [0.1, 0.15) is 5.75 Å². The van der Waals surface area contributed by atoms with Gasteiger partial charge in [-0.25, -0.2) is 0 Å². The summed E-state index contributed by atoms with van der Waals surface area (Å²) < 4.78 is 7.06. The third kappa shape index (κ3) is 2.48. The highest BCUT2D eigenvalue weighted by atomic mass is 16.5. The summed E-state index contributed by atoms with van der Waals surface area (Å²) in [6.45, 7) is 0. The smallest absolute Gasteiger partial charge is 0.257 e. The Morgan fingerprint density at radius 3 is 2.52 bits per heavy atom. The van der Waals surface area contributed by atoms with Crippen molar-refractivity contribution in [1.29, 1.82) is 0 Å². The molecule has 0 aliphatic carbocycles. The van der Waals surface area contributed by atoms with Crippen LogP contribution in [0.15, 0.2) is 54.7 Å². The fourth-order valence-electron chi connectivity index (χ4n) is 2.40. The van der Waals surface area contributed by atoms with Crippen molar-refractivity contribution >= 4 is 22.5 Å². The van der Waals surface area contributed by atoms with Crippen LogP contribution in [-0.4, -0.2) is 17.6 Å². The Bertz CT molecular complexity index is 788. The minimum atomic E-state index is -0.114. The normalized spacial score (nSPS) is 10.6. The SMILES string of the molecule is COc1ccc(NC(=O)c2cn(C)c3ccccc23)cc1. The molecule has 0 saturated heterocycles. The van der Waals surface area contributed by atoms with Crippen LogP contribution in [0.4, 0.5) is 5.69 Å². The molecule has 2 aromatic carbocycles. The molecule has 3 rings (SSSR count). The molecule has 0 unspecified atom stereocenters. The first kappa shape index (κ1) is 13.2. The number of ether oxygens (including phenoxy) is 1. The number of rotatable bonds is 3. The molecule has 1 heterocycles. The topological polar surface area (TPSA) is 43.3 Å². The van der Waals surface area contributed by atoms with E-state index in [4.69, 9.17) is 4.74 Å². The molecule has 1 N–H and O–H groups in total. The molecule has 0 aliphatic heterocycles. The van der Waals surface area contributed by atoms with Gasteiger partial charge in [0.25, 0.3) is 5.91 Å². The zero-order valence-electron chi connectivity index (χ0n) is 12.0. The lowest BCUT2D eigenvalue weighted by Gasteiger charge is -2.05. The number of fused-ring (bicyclic) bond motifs is 1. The van der Waals surface area contributed by atoms with Crippen LogP contribution < -0.4 is 10.1 Å². The van der Waals surface area contributed by atoms with Crippen molar-refractivity contribution in [2.24, 2.45) is 7.05 Å². The van der Waals surface area contributed by atoms with Crippen LogP contribution in [0.2, 0.25) is 0 Å². The third-order valence-corrected chi connectivity index (χ3v) is 3.49. The number of hydrogen-bond donors (Lipinski definition) is 1. The van der Waals surface area contributed by atoms with E-state index in [1.54, 1.807) is 7.11 Å². The number of methoxy groups -OCH3 is 1. The Morgan fingerprint density at radius 2 is 1.81 bits per heavy atom. The number of hydrogen-bond acceptors (Lipinski definition) is 2. The molecule has 4 heteroatoms. The van der Waals surface area contributed by atoms with Gasteiger partial charge in [-0.1, -0.05) is 18.2 Å². The van der Waals surface area contributed by atoms with E-state index < -0.39 is 0 Å². The van der Waals surface area contributed by atoms with Gasteiger partial charge in [-0.05, 0) is 30.3 Å². The van der Waals surface area contributed by atoms with Gasteiger partial charge >= 0.3 is 0 Å². The first-order valence-electron chi connectivity index (χ1n) is 6.68. The van der Waals surface area contributed by atoms with Crippen molar-refractivity contribution in [3.05, 3.63) is 60.3 Å². The summed E-state index contributed by atoms with van der Waals surface area (Å²) in [4.78, 5) is 12.4. The number of aryl methyl sites for hydroxylation is 1. The van der Waals surface area contributed by atoms with E-state index in [9.17, 15) is 4.79 Å². The Hall–Kier alpha value is -2.75. The standard InChI is InChI=1S/C17H16N2O2/c1-19-11-15(14-5-3-4-6-16(14)19)17(20)18-12-7-9-13(21-2)10-8-12/h3-11H,1-2H3,(H,18,20). The molecule has 3 aromatic rings. The summed E-state index contributed by atoms with van der Waals surface area (Å²) in [5, 5.41) is 3.86. The van der Waals surface area contributed by atoms with Crippen LogP contribution in [0.5, 0.6) is 5.75 Å². The van der Waals surface area contributed by atoms with E-state index in [2.05, 4.69) is 5.32 Å². The quantitative estimate of drug-likeness (QED) is 0.798. The summed E-state index contributed by atoms with van der Waals surface area (Å²) in [7, 11) is 3.55. The number of aromatic nitrogens is 1. The average molecular weight is 280 g/mol. The number of carbonyl (C=O) groups excluding carboxylic acids is 1. The highest BCUT2D eigenvalue weighted by Gasteiger charge is 2.13. The van der Waals surface area contributed by atoms with Crippen molar-refractivity contribution in [1.82, 2.24) is 4.57 Å². The lowest BCUT2D eigenvalue weighted by molar-refractivity contribution is 0.102. The van der Waals surface area contributed by atoms with Gasteiger partial charge in [-0.15, -0.1) is 0 Å². The lowest BCUT2D eigenvalue weighted by atomic mass is 10.1. The van der Waals surface area contributed by atoms with Gasteiger partial charge in [0.2, 0.25) is 0 Å². The molecule has 0 bridgehead atoms. The third-order valence-electron chi connectivity index (χ3n) is 3.49. The number of nitrogens with one attached hydrogen (secondary N) is 1. The van der Waals surface area contributed by atoms with Crippen LogP contribution in [0.3, 0.4) is 0 Å². The lowest BCUT2D eigenvalue weighted by Crippen LogP contribution is -2.11. The fraction of sp³-hybridized carbons (Fsp3) is 0.118. The molecule has 0 spiro atoms. The van der Waals surface area contributed by atoms with Crippen molar-refractivity contribution in [3.8, 4) is 5.75 Å². The summed E-state index contributed by atoms with van der Waals surface area (Å²) in [6.07, 6.45) is 1.85. The monoisotopic (exact) mass is 280 g/mol. The van der Waals surface area contributed by atoms with Gasteiger partial charge < -0.3 is 14.6 Å². The molecule has 1 amide bonds. The van der Waals surface area contributed by atoms with Crippen LogP contribution in [0, 0.1) is 0 Å². The second kappa shape index (κ2) is 5.32. The molecule has 0 aliphatic rings. The van der Waals surface area contributed by atoms with Gasteiger partial charge in [0.05, 0.1) is 12.7 Å². The van der Waals surface area contributed by atoms with Crippen molar-refractivity contribution in [3.63, 3.8) is 0 Å². The number of carbonyl (C=O) groups is 1. The van der Waals surface area contributed by atoms with E-state index in [0.29, 0.717) is 5.56 Å². The first-order chi connectivity index (χ1) is 10.2. The summed E-state index contributed by atoms with van der Waals surface area (Å²) in [5.74, 6) is 0.648. The minimum Gasteiger partial charge on any atom is -0.497 e. The highest BCUT2D eigenvalue weighted by molar-refractivity contribution is 6.12. The predicted octanol–water partition coefficient (Wildman–Crippen LogP) is 3.44. The predicted molar refractivity (Wildman–Crippen MR) is 83.9 cm³/mol. The van der Waals surface area contributed by atoms with Crippen LogP contribution in [0.1, 0.15) is 10.4 Å². The fourth-order valence-corrected chi connectivity index (χ4v) is 2.40. The number of para-hydroxylation sites is 1. The average Bonchev–Trinajstić information content (AvgIpc) is 2.86. The molecular weight excluding hydrogens is 264 g/mol. The maximum Gasteiger partial charge on any atom is 0.257 e. The van der Waals surface area contributed by atoms with Crippen molar-refractivity contribution in [2.75, 3.05) is 12.4 Å². The van der Waals surface area contributed by atoms with E-state index >= 15 is 0 Å². The first-order valence-corrected chi connectivity index (χ1v) is 6.68. The van der Waals surface area contributed by atoms with E-state index in [-0.39, 0.29) is 5.91 Å². The minimum absolute atomic E-state index is 0.114. The molecule has 4 nitrogen and oxygen atoms in total. The second-order valence-corrected chi connectivity index (χ2v) is 4.85. The maximum absolute atomic E-state index is 12.4. The molecule has 21 heavy (non-hydrogen) atoms. The Morgan fingerprint density at radius 1 is 1.10 bits per heavy atom. The molecule has 1 aromatic heterocycles. The molecule has 0 atom stereocenters. The van der Waals surface area contributed by atoms with E-state index in [0.717, 1.165) is 22.3 Å². The van der Waals surface area contributed by atoms with Crippen LogP contribution in [0.25, 0.3) is 10.9 Å².